The molecule has 1 aromatic rings. The van der Waals surface area contributed by atoms with Crippen molar-refractivity contribution in [2.24, 2.45) is 5.92 Å². The van der Waals surface area contributed by atoms with Crippen LogP contribution in [0.5, 0.6) is 0 Å². The normalized spacial score (nSPS) is 14.7. The van der Waals surface area contributed by atoms with E-state index in [2.05, 4.69) is 56.4 Å². The van der Waals surface area contributed by atoms with E-state index < -0.39 is 0 Å². The minimum absolute atomic E-state index is 0.145. The van der Waals surface area contributed by atoms with Gasteiger partial charge in [0.1, 0.15) is 0 Å². The molecule has 0 bridgehead atoms. The first-order valence-electron chi connectivity index (χ1n) is 7.12. The lowest BCUT2D eigenvalue weighted by Gasteiger charge is -2.33. The van der Waals surface area contributed by atoms with Gasteiger partial charge in [-0.15, -0.1) is 0 Å². The summed E-state index contributed by atoms with van der Waals surface area (Å²) >= 11 is 0. The van der Waals surface area contributed by atoms with Crippen molar-refractivity contribution in [2.45, 2.75) is 45.8 Å². The Morgan fingerprint density at radius 3 is 2.11 bits per heavy atom. The Morgan fingerprint density at radius 2 is 1.67 bits per heavy atom. The molecule has 2 nitrogen and oxygen atoms in total. The topological polar surface area (TPSA) is 21.3 Å². The zero-order valence-electron chi connectivity index (χ0n) is 12.1. The molecule has 2 unspecified atom stereocenters. The number of hydrogen-bond acceptors (Lipinski definition) is 2. The molecule has 2 atom stereocenters. The second kappa shape index (κ2) is 8.28. The number of benzene rings is 1. The zero-order valence-corrected chi connectivity index (χ0v) is 12.1. The van der Waals surface area contributed by atoms with Crippen LogP contribution in [-0.4, -0.2) is 19.7 Å². The molecule has 2 heteroatoms. The maximum absolute atomic E-state index is 6.00. The van der Waals surface area contributed by atoms with E-state index in [1.54, 1.807) is 0 Å². The highest BCUT2D eigenvalue weighted by Gasteiger charge is 2.27. The summed E-state index contributed by atoms with van der Waals surface area (Å²) in [6.45, 7) is 7.33. The summed E-state index contributed by atoms with van der Waals surface area (Å²) in [5.41, 5.74) is 1.27. The summed E-state index contributed by atoms with van der Waals surface area (Å²) in [4.78, 5) is 0. The van der Waals surface area contributed by atoms with Crippen LogP contribution in [0.25, 0.3) is 0 Å². The lowest BCUT2D eigenvalue weighted by atomic mass is 9.87. The lowest BCUT2D eigenvalue weighted by Crippen LogP contribution is -2.40. The number of ether oxygens (including phenoxy) is 1. The second-order valence-electron chi connectivity index (χ2n) is 4.68. The van der Waals surface area contributed by atoms with Gasteiger partial charge in [0.05, 0.1) is 6.10 Å². The third-order valence-electron chi connectivity index (χ3n) is 3.69. The van der Waals surface area contributed by atoms with Gasteiger partial charge in [-0.05, 0) is 25.5 Å². The third-order valence-corrected chi connectivity index (χ3v) is 3.69. The van der Waals surface area contributed by atoms with Gasteiger partial charge in [-0.3, -0.25) is 0 Å². The number of hydrogen-bond donors (Lipinski definition) is 1. The van der Waals surface area contributed by atoms with E-state index in [4.69, 9.17) is 4.74 Å². The second-order valence-corrected chi connectivity index (χ2v) is 4.68. The smallest absolute Gasteiger partial charge is 0.0980 e. The highest BCUT2D eigenvalue weighted by atomic mass is 16.5. The first-order valence-corrected chi connectivity index (χ1v) is 7.12. The first kappa shape index (κ1) is 15.2. The minimum Gasteiger partial charge on any atom is -0.372 e. The van der Waals surface area contributed by atoms with Crippen LogP contribution in [-0.2, 0) is 4.74 Å². The van der Waals surface area contributed by atoms with Gasteiger partial charge in [0.15, 0.2) is 0 Å². The molecule has 18 heavy (non-hydrogen) atoms. The van der Waals surface area contributed by atoms with Gasteiger partial charge in [-0.25, -0.2) is 0 Å². The zero-order chi connectivity index (χ0) is 13.4. The molecule has 102 valence electrons. The summed E-state index contributed by atoms with van der Waals surface area (Å²) in [5, 5.41) is 3.46. The standard InChI is InChI=1S/C16H27NO/c1-5-13(6-2)15(17-4)16(18-7-3)14-11-9-8-10-12-14/h8-13,15-17H,5-7H2,1-4H3. The SMILES string of the molecule is CCOC(c1ccccc1)C(NC)C(CC)CC. The van der Waals surface area contributed by atoms with Crippen molar-refractivity contribution < 1.29 is 4.74 Å². The van der Waals surface area contributed by atoms with Gasteiger partial charge in [-0.2, -0.15) is 0 Å². The van der Waals surface area contributed by atoms with E-state index in [0.29, 0.717) is 12.0 Å². The summed E-state index contributed by atoms with van der Waals surface area (Å²) in [5.74, 6) is 0.645. The van der Waals surface area contributed by atoms with Crippen LogP contribution < -0.4 is 5.32 Å². The minimum atomic E-state index is 0.145. The Morgan fingerprint density at radius 1 is 1.06 bits per heavy atom. The van der Waals surface area contributed by atoms with Crippen molar-refractivity contribution in [1.29, 1.82) is 0 Å². The van der Waals surface area contributed by atoms with E-state index in [-0.39, 0.29) is 6.10 Å². The van der Waals surface area contributed by atoms with Crippen LogP contribution in [0.1, 0.15) is 45.3 Å². The lowest BCUT2D eigenvalue weighted by molar-refractivity contribution is 0.0167. The molecule has 0 amide bonds. The Hall–Kier alpha value is -0.860. The molecular formula is C16H27NO. The van der Waals surface area contributed by atoms with E-state index >= 15 is 0 Å². The van der Waals surface area contributed by atoms with Crippen LogP contribution in [0.2, 0.25) is 0 Å². The average molecular weight is 249 g/mol. The van der Waals surface area contributed by atoms with Crippen molar-refractivity contribution in [1.82, 2.24) is 5.32 Å². The van der Waals surface area contributed by atoms with E-state index in [9.17, 15) is 0 Å². The van der Waals surface area contributed by atoms with Crippen molar-refractivity contribution >= 4 is 0 Å². The molecule has 0 fully saturated rings. The van der Waals surface area contributed by atoms with Gasteiger partial charge in [-0.1, -0.05) is 57.0 Å². The third kappa shape index (κ3) is 3.82. The summed E-state index contributed by atoms with van der Waals surface area (Å²) in [6.07, 6.45) is 2.50. The van der Waals surface area contributed by atoms with Gasteiger partial charge < -0.3 is 10.1 Å². The van der Waals surface area contributed by atoms with Crippen LogP contribution in [0.3, 0.4) is 0 Å². The number of nitrogens with one attached hydrogen (secondary N) is 1. The van der Waals surface area contributed by atoms with Gasteiger partial charge in [0.2, 0.25) is 0 Å². The van der Waals surface area contributed by atoms with Crippen molar-refractivity contribution in [3.63, 3.8) is 0 Å². The molecule has 1 aromatic carbocycles. The Balaban J connectivity index is 2.94. The Bertz CT molecular complexity index is 308. The molecule has 0 saturated carbocycles. The van der Waals surface area contributed by atoms with E-state index in [1.165, 1.54) is 18.4 Å². The maximum atomic E-state index is 6.00. The molecule has 0 aliphatic heterocycles. The van der Waals surface area contributed by atoms with Crippen LogP contribution >= 0.6 is 0 Å². The van der Waals surface area contributed by atoms with E-state index in [0.717, 1.165) is 6.61 Å². The summed E-state index contributed by atoms with van der Waals surface area (Å²) < 4.78 is 6.00. The van der Waals surface area contributed by atoms with Crippen molar-refractivity contribution in [2.75, 3.05) is 13.7 Å². The Kier molecular flexibility index (Phi) is 6.99. The van der Waals surface area contributed by atoms with Crippen LogP contribution in [0.15, 0.2) is 30.3 Å². The van der Waals surface area contributed by atoms with Gasteiger partial charge in [0.25, 0.3) is 0 Å². The molecule has 0 aliphatic rings. The number of rotatable bonds is 8. The van der Waals surface area contributed by atoms with Gasteiger partial charge in [0, 0.05) is 12.6 Å². The molecule has 0 saturated heterocycles. The first-order chi connectivity index (χ1) is 8.78. The molecular weight excluding hydrogens is 222 g/mol. The molecule has 0 heterocycles. The highest BCUT2D eigenvalue weighted by molar-refractivity contribution is 5.19. The molecule has 0 aliphatic carbocycles. The van der Waals surface area contributed by atoms with Crippen molar-refractivity contribution in [3.05, 3.63) is 35.9 Å². The van der Waals surface area contributed by atoms with Crippen molar-refractivity contribution in [3.8, 4) is 0 Å². The summed E-state index contributed by atoms with van der Waals surface area (Å²) in [6, 6.07) is 10.9. The predicted molar refractivity (Wildman–Crippen MR) is 77.7 cm³/mol. The fraction of sp³-hybridized carbons (Fsp3) is 0.625. The summed E-state index contributed by atoms with van der Waals surface area (Å²) in [7, 11) is 2.04. The van der Waals surface area contributed by atoms with Crippen LogP contribution in [0, 0.1) is 5.92 Å². The monoisotopic (exact) mass is 249 g/mol. The average Bonchev–Trinajstić information content (AvgIpc) is 2.43. The largest absolute Gasteiger partial charge is 0.372 e. The highest BCUT2D eigenvalue weighted by Crippen LogP contribution is 2.28. The fourth-order valence-corrected chi connectivity index (χ4v) is 2.66. The van der Waals surface area contributed by atoms with Gasteiger partial charge >= 0.3 is 0 Å². The quantitative estimate of drug-likeness (QED) is 0.757. The Labute approximate surface area is 112 Å². The van der Waals surface area contributed by atoms with Crippen LogP contribution in [0.4, 0.5) is 0 Å². The molecule has 0 aromatic heterocycles. The predicted octanol–water partition coefficient (Wildman–Crippen LogP) is 3.79. The maximum Gasteiger partial charge on any atom is 0.0980 e. The molecule has 0 radical (unpaired) electrons. The number of likely N-dealkylation sites (N-methyl/N-ethyl adjacent to an activating group) is 1. The van der Waals surface area contributed by atoms with E-state index in [1.807, 2.05) is 7.05 Å². The molecule has 1 N–H and O–H groups in total. The fourth-order valence-electron chi connectivity index (χ4n) is 2.66. The molecule has 1 rings (SSSR count). The molecule has 0 spiro atoms.